The van der Waals surface area contributed by atoms with E-state index in [0.717, 1.165) is 32.1 Å². The lowest BCUT2D eigenvalue weighted by atomic mass is 9.77. The molecule has 0 saturated heterocycles. The van der Waals surface area contributed by atoms with Crippen molar-refractivity contribution in [3.8, 4) is 0 Å². The molecule has 1 atom stereocenters. The van der Waals surface area contributed by atoms with Gasteiger partial charge >= 0.3 is 5.97 Å². The van der Waals surface area contributed by atoms with Crippen LogP contribution in [0, 0.1) is 11.3 Å². The van der Waals surface area contributed by atoms with E-state index in [1.807, 2.05) is 0 Å². The molecule has 1 rings (SSSR count). The highest BCUT2D eigenvalue weighted by Gasteiger charge is 2.42. The van der Waals surface area contributed by atoms with Gasteiger partial charge in [0.15, 0.2) is 5.60 Å². The molecule has 0 bridgehead atoms. The van der Waals surface area contributed by atoms with Gasteiger partial charge in [-0.1, -0.05) is 26.7 Å². The van der Waals surface area contributed by atoms with E-state index in [0.29, 0.717) is 5.92 Å². The van der Waals surface area contributed by atoms with Crippen LogP contribution in [0.25, 0.3) is 0 Å². The normalized spacial score (nSPS) is 21.1. The summed E-state index contributed by atoms with van der Waals surface area (Å²) in [5.74, 6) is -1.01. The molecule has 0 aromatic carbocycles. The Morgan fingerprint density at radius 3 is 2.26 bits per heavy atom. The first-order valence-electron chi connectivity index (χ1n) is 6.94. The Hall–Kier alpha value is -1.10. The molecule has 5 heteroatoms. The minimum Gasteiger partial charge on any atom is -0.479 e. The number of aliphatic carboxylic acids is 1. The molecule has 0 spiro atoms. The van der Waals surface area contributed by atoms with E-state index in [1.165, 1.54) is 6.92 Å². The van der Waals surface area contributed by atoms with Crippen LogP contribution >= 0.6 is 0 Å². The number of carboxylic acids is 1. The number of hydrogen-bond donors (Lipinski definition) is 3. The second-order valence-electron chi connectivity index (χ2n) is 6.35. The third kappa shape index (κ3) is 3.93. The highest BCUT2D eigenvalue weighted by Crippen LogP contribution is 2.43. The van der Waals surface area contributed by atoms with E-state index in [1.54, 1.807) is 0 Å². The summed E-state index contributed by atoms with van der Waals surface area (Å²) < 4.78 is 0. The Labute approximate surface area is 114 Å². The molecular formula is C14H25NO4. The van der Waals surface area contributed by atoms with Crippen molar-refractivity contribution in [3.63, 3.8) is 0 Å². The zero-order chi connectivity index (χ0) is 14.7. The third-order valence-corrected chi connectivity index (χ3v) is 3.90. The minimum absolute atomic E-state index is 0.111. The second kappa shape index (κ2) is 5.90. The summed E-state index contributed by atoms with van der Waals surface area (Å²) in [6, 6.07) is 0. The SMILES string of the molecule is CC(C)CC1(C(=O)NCC(C)(O)C(=O)O)CCCC1. The molecule has 0 aromatic rings. The van der Waals surface area contributed by atoms with Gasteiger partial charge in [0.25, 0.3) is 0 Å². The van der Waals surface area contributed by atoms with Gasteiger partial charge in [-0.2, -0.15) is 0 Å². The van der Waals surface area contributed by atoms with E-state index < -0.39 is 11.6 Å². The van der Waals surface area contributed by atoms with Crippen LogP contribution in [-0.2, 0) is 9.59 Å². The molecule has 0 radical (unpaired) electrons. The molecule has 1 saturated carbocycles. The van der Waals surface area contributed by atoms with Gasteiger partial charge in [0.1, 0.15) is 0 Å². The van der Waals surface area contributed by atoms with Crippen LogP contribution in [0.3, 0.4) is 0 Å². The van der Waals surface area contributed by atoms with Crippen LogP contribution in [0.1, 0.15) is 52.9 Å². The Morgan fingerprint density at radius 1 is 1.32 bits per heavy atom. The Morgan fingerprint density at radius 2 is 1.84 bits per heavy atom. The van der Waals surface area contributed by atoms with Gasteiger partial charge in [-0.25, -0.2) is 4.79 Å². The number of aliphatic hydroxyl groups is 1. The maximum Gasteiger partial charge on any atom is 0.337 e. The second-order valence-corrected chi connectivity index (χ2v) is 6.35. The average Bonchev–Trinajstić information content (AvgIpc) is 2.74. The van der Waals surface area contributed by atoms with Crippen molar-refractivity contribution in [1.82, 2.24) is 5.32 Å². The zero-order valence-corrected chi connectivity index (χ0v) is 12.0. The molecule has 0 aliphatic heterocycles. The van der Waals surface area contributed by atoms with Gasteiger partial charge in [-0.3, -0.25) is 4.79 Å². The fraction of sp³-hybridized carbons (Fsp3) is 0.857. The first-order valence-corrected chi connectivity index (χ1v) is 6.94. The number of carbonyl (C=O) groups is 2. The molecule has 3 N–H and O–H groups in total. The molecular weight excluding hydrogens is 246 g/mol. The molecule has 5 nitrogen and oxygen atoms in total. The lowest BCUT2D eigenvalue weighted by Gasteiger charge is -2.30. The lowest BCUT2D eigenvalue weighted by Crippen LogP contribution is -2.50. The van der Waals surface area contributed by atoms with Crippen molar-refractivity contribution < 1.29 is 19.8 Å². The summed E-state index contributed by atoms with van der Waals surface area (Å²) in [6.07, 6.45) is 4.59. The van der Waals surface area contributed by atoms with Crippen LogP contribution in [-0.4, -0.2) is 34.2 Å². The maximum atomic E-state index is 12.4. The number of nitrogens with one attached hydrogen (secondary N) is 1. The van der Waals surface area contributed by atoms with Crippen molar-refractivity contribution in [2.75, 3.05) is 6.54 Å². The summed E-state index contributed by atoms with van der Waals surface area (Å²) in [6.45, 7) is 5.11. The molecule has 19 heavy (non-hydrogen) atoms. The minimum atomic E-state index is -1.91. The van der Waals surface area contributed by atoms with Crippen molar-refractivity contribution >= 4 is 11.9 Å². The summed E-state index contributed by atoms with van der Waals surface area (Å²) in [5, 5.41) is 21.1. The first-order chi connectivity index (χ1) is 8.69. The van der Waals surface area contributed by atoms with Gasteiger partial charge in [0, 0.05) is 5.41 Å². The van der Waals surface area contributed by atoms with Crippen LogP contribution in [0.4, 0.5) is 0 Å². The van der Waals surface area contributed by atoms with E-state index in [4.69, 9.17) is 5.11 Å². The first kappa shape index (κ1) is 16.0. The van der Waals surface area contributed by atoms with Crippen LogP contribution in [0.2, 0.25) is 0 Å². The Kier molecular flexibility index (Phi) is 4.96. The summed E-state index contributed by atoms with van der Waals surface area (Å²) in [7, 11) is 0. The van der Waals surface area contributed by atoms with Crippen molar-refractivity contribution in [3.05, 3.63) is 0 Å². The number of amides is 1. The average molecular weight is 271 g/mol. The Balaban J connectivity index is 2.66. The lowest BCUT2D eigenvalue weighted by molar-refractivity contribution is -0.156. The molecule has 0 heterocycles. The molecule has 1 amide bonds. The summed E-state index contributed by atoms with van der Waals surface area (Å²) in [4.78, 5) is 23.2. The predicted octanol–water partition coefficient (Wildman–Crippen LogP) is 1.54. The molecule has 1 fully saturated rings. The van der Waals surface area contributed by atoms with Crippen LogP contribution in [0.15, 0.2) is 0 Å². The smallest absolute Gasteiger partial charge is 0.337 e. The standard InChI is InChI=1S/C14H25NO4/c1-10(2)8-14(6-4-5-7-14)11(16)15-9-13(3,19)12(17)18/h10,19H,4-9H2,1-3H3,(H,15,16)(H,17,18). The fourth-order valence-electron chi connectivity index (χ4n) is 2.87. The van der Waals surface area contributed by atoms with Crippen molar-refractivity contribution in [1.29, 1.82) is 0 Å². The fourth-order valence-corrected chi connectivity index (χ4v) is 2.87. The number of hydrogen-bond acceptors (Lipinski definition) is 3. The molecule has 1 unspecified atom stereocenters. The Bertz CT molecular complexity index is 343. The summed E-state index contributed by atoms with van der Waals surface area (Å²) in [5.41, 5.74) is -2.28. The number of carboxylic acid groups (broad SMARTS) is 1. The molecule has 1 aliphatic rings. The van der Waals surface area contributed by atoms with Crippen molar-refractivity contribution in [2.45, 2.75) is 58.5 Å². The van der Waals surface area contributed by atoms with Crippen LogP contribution in [0.5, 0.6) is 0 Å². The van der Waals surface area contributed by atoms with Gasteiger partial charge in [0.2, 0.25) is 5.91 Å². The van der Waals surface area contributed by atoms with Gasteiger partial charge in [0.05, 0.1) is 6.54 Å². The number of rotatable bonds is 6. The van der Waals surface area contributed by atoms with Crippen molar-refractivity contribution in [2.24, 2.45) is 11.3 Å². The zero-order valence-electron chi connectivity index (χ0n) is 12.0. The van der Waals surface area contributed by atoms with Gasteiger partial charge < -0.3 is 15.5 Å². The quantitative estimate of drug-likeness (QED) is 0.684. The van der Waals surface area contributed by atoms with Crippen LogP contribution < -0.4 is 5.32 Å². The highest BCUT2D eigenvalue weighted by molar-refractivity contribution is 5.84. The topological polar surface area (TPSA) is 86.6 Å². The summed E-state index contributed by atoms with van der Waals surface area (Å²) >= 11 is 0. The molecule has 110 valence electrons. The molecule has 0 aromatic heterocycles. The van der Waals surface area contributed by atoms with E-state index >= 15 is 0 Å². The predicted molar refractivity (Wildman–Crippen MR) is 71.6 cm³/mol. The largest absolute Gasteiger partial charge is 0.479 e. The van der Waals surface area contributed by atoms with E-state index in [2.05, 4.69) is 19.2 Å². The van der Waals surface area contributed by atoms with E-state index in [-0.39, 0.29) is 17.9 Å². The third-order valence-electron chi connectivity index (χ3n) is 3.90. The van der Waals surface area contributed by atoms with Gasteiger partial charge in [-0.05, 0) is 32.1 Å². The van der Waals surface area contributed by atoms with E-state index in [9.17, 15) is 14.7 Å². The number of carbonyl (C=O) groups excluding carboxylic acids is 1. The molecule has 1 aliphatic carbocycles. The highest BCUT2D eigenvalue weighted by atomic mass is 16.4. The van der Waals surface area contributed by atoms with Gasteiger partial charge in [-0.15, -0.1) is 0 Å². The monoisotopic (exact) mass is 271 g/mol. The maximum absolute atomic E-state index is 12.4.